The highest BCUT2D eigenvalue weighted by Crippen LogP contribution is 2.41. The molecule has 3 aromatic carbocycles. The van der Waals surface area contributed by atoms with Gasteiger partial charge in [0.25, 0.3) is 0 Å². The third kappa shape index (κ3) is 4.41. The molecule has 0 aromatic heterocycles. The van der Waals surface area contributed by atoms with Crippen LogP contribution < -0.4 is 15.1 Å². The number of carbonyl (C=O) groups excluding carboxylic acids is 2. The average molecular weight is 440 g/mol. The number of aryl methyl sites for hydroxylation is 1. The molecule has 1 amide bonds. The van der Waals surface area contributed by atoms with Gasteiger partial charge in [-0.3, -0.25) is 9.59 Å². The summed E-state index contributed by atoms with van der Waals surface area (Å²) in [5.41, 5.74) is 5.76. The number of Topliss-reactive ketones (excluding diaryl/α,β-unsaturated/α-hetero) is 1. The second kappa shape index (κ2) is 9.20. The number of carbonyl (C=O) groups is 2. The highest BCUT2D eigenvalue weighted by Gasteiger charge is 2.36. The van der Waals surface area contributed by atoms with E-state index >= 15 is 0 Å². The van der Waals surface area contributed by atoms with Gasteiger partial charge < -0.3 is 15.1 Å². The molecule has 5 nitrogen and oxygen atoms in total. The van der Waals surface area contributed by atoms with Crippen LogP contribution in [0.4, 0.5) is 11.4 Å². The predicted molar refractivity (Wildman–Crippen MR) is 132 cm³/mol. The number of anilines is 2. The standard InChI is InChI=1S/C28H29N3O2/c1-20-7-9-22(10-8-20)28(33)25-18-27(32)31(19-21-5-3-2-4-6-21)26-12-11-23(17-24(25)26)30-15-13-29-14-16-30/h2-12,17,25,29H,13-16,18-19H2,1H3. The normalized spacial score (nSPS) is 18.2. The number of amides is 1. The number of rotatable bonds is 5. The maximum Gasteiger partial charge on any atom is 0.228 e. The van der Waals surface area contributed by atoms with Crippen LogP contribution in [-0.4, -0.2) is 37.9 Å². The fourth-order valence-corrected chi connectivity index (χ4v) is 4.81. The highest BCUT2D eigenvalue weighted by atomic mass is 16.2. The molecule has 2 aliphatic rings. The third-order valence-electron chi connectivity index (χ3n) is 6.68. The number of benzene rings is 3. The first-order valence-corrected chi connectivity index (χ1v) is 11.6. The van der Waals surface area contributed by atoms with Crippen molar-refractivity contribution in [3.63, 3.8) is 0 Å². The molecule has 0 bridgehead atoms. The molecule has 1 unspecified atom stereocenters. The number of ketones is 1. The van der Waals surface area contributed by atoms with Crippen molar-refractivity contribution < 1.29 is 9.59 Å². The molecule has 1 atom stereocenters. The van der Waals surface area contributed by atoms with Crippen LogP contribution in [0.1, 0.15) is 39.4 Å². The molecule has 1 fully saturated rings. The quantitative estimate of drug-likeness (QED) is 0.602. The van der Waals surface area contributed by atoms with E-state index in [1.165, 1.54) is 0 Å². The molecule has 1 N–H and O–H groups in total. The van der Waals surface area contributed by atoms with Gasteiger partial charge >= 0.3 is 0 Å². The van der Waals surface area contributed by atoms with E-state index in [-0.39, 0.29) is 18.1 Å². The van der Waals surface area contributed by atoms with Gasteiger partial charge in [0.05, 0.1) is 12.5 Å². The second-order valence-corrected chi connectivity index (χ2v) is 8.93. The minimum atomic E-state index is -0.468. The molecule has 33 heavy (non-hydrogen) atoms. The van der Waals surface area contributed by atoms with Crippen LogP contribution in [0.2, 0.25) is 0 Å². The summed E-state index contributed by atoms with van der Waals surface area (Å²) in [7, 11) is 0. The van der Waals surface area contributed by atoms with E-state index in [4.69, 9.17) is 0 Å². The van der Waals surface area contributed by atoms with E-state index in [2.05, 4.69) is 22.3 Å². The van der Waals surface area contributed by atoms with E-state index in [1.54, 1.807) is 0 Å². The Morgan fingerprint density at radius 2 is 1.70 bits per heavy atom. The van der Waals surface area contributed by atoms with Crippen LogP contribution in [0.25, 0.3) is 0 Å². The smallest absolute Gasteiger partial charge is 0.228 e. The molecule has 1 saturated heterocycles. The molecule has 0 spiro atoms. The summed E-state index contributed by atoms with van der Waals surface area (Å²) in [4.78, 5) is 31.1. The van der Waals surface area contributed by atoms with Crippen molar-refractivity contribution >= 4 is 23.1 Å². The fraction of sp³-hybridized carbons (Fsp3) is 0.286. The van der Waals surface area contributed by atoms with Gasteiger partial charge in [0.1, 0.15) is 0 Å². The molecule has 2 heterocycles. The van der Waals surface area contributed by atoms with E-state index in [9.17, 15) is 9.59 Å². The first-order valence-electron chi connectivity index (χ1n) is 11.6. The number of fused-ring (bicyclic) bond motifs is 1. The second-order valence-electron chi connectivity index (χ2n) is 8.93. The first kappa shape index (κ1) is 21.4. The SMILES string of the molecule is Cc1ccc(C(=O)C2CC(=O)N(Cc3ccccc3)c3ccc(N4CCNCC4)cc32)cc1. The molecule has 5 rings (SSSR count). The van der Waals surface area contributed by atoms with E-state index < -0.39 is 5.92 Å². The van der Waals surface area contributed by atoms with Gasteiger partial charge in [0.2, 0.25) is 5.91 Å². The summed E-state index contributed by atoms with van der Waals surface area (Å²) >= 11 is 0. The Bertz CT molecular complexity index is 1150. The molecule has 3 aromatic rings. The minimum absolute atomic E-state index is 0.00765. The van der Waals surface area contributed by atoms with Crippen LogP contribution in [0.5, 0.6) is 0 Å². The lowest BCUT2D eigenvalue weighted by Crippen LogP contribution is -2.44. The summed E-state index contributed by atoms with van der Waals surface area (Å²) in [6.07, 6.45) is 0.192. The van der Waals surface area contributed by atoms with Crippen molar-refractivity contribution in [3.05, 3.63) is 95.1 Å². The molecular formula is C28H29N3O2. The molecule has 5 heteroatoms. The topological polar surface area (TPSA) is 52.7 Å². The van der Waals surface area contributed by atoms with Gasteiger partial charge in [-0.2, -0.15) is 0 Å². The predicted octanol–water partition coefficient (Wildman–Crippen LogP) is 4.31. The molecule has 0 radical (unpaired) electrons. The van der Waals surface area contributed by atoms with Gasteiger partial charge in [0, 0.05) is 49.5 Å². The number of piperazine rings is 1. The Morgan fingerprint density at radius 1 is 0.970 bits per heavy atom. The Morgan fingerprint density at radius 3 is 2.42 bits per heavy atom. The lowest BCUT2D eigenvalue weighted by atomic mass is 9.83. The van der Waals surface area contributed by atoms with E-state index in [0.717, 1.165) is 54.2 Å². The maximum atomic E-state index is 13.6. The van der Waals surface area contributed by atoms with Crippen LogP contribution in [0, 0.1) is 6.92 Å². The number of hydrogen-bond acceptors (Lipinski definition) is 4. The van der Waals surface area contributed by atoms with E-state index in [0.29, 0.717) is 12.1 Å². The van der Waals surface area contributed by atoms with Crippen LogP contribution in [0.15, 0.2) is 72.8 Å². The van der Waals surface area contributed by atoms with Gasteiger partial charge in [0.15, 0.2) is 5.78 Å². The van der Waals surface area contributed by atoms with Crippen molar-refractivity contribution in [2.75, 3.05) is 36.0 Å². The third-order valence-corrected chi connectivity index (χ3v) is 6.68. The zero-order valence-electron chi connectivity index (χ0n) is 19.0. The maximum absolute atomic E-state index is 13.6. The van der Waals surface area contributed by atoms with Crippen molar-refractivity contribution in [2.24, 2.45) is 0 Å². The number of hydrogen-bond donors (Lipinski definition) is 1. The Labute approximate surface area is 195 Å². The highest BCUT2D eigenvalue weighted by molar-refractivity contribution is 6.09. The average Bonchev–Trinajstić information content (AvgIpc) is 2.86. The zero-order chi connectivity index (χ0) is 22.8. The number of nitrogens with zero attached hydrogens (tertiary/aromatic N) is 2. The summed E-state index contributed by atoms with van der Waals surface area (Å²) in [5, 5.41) is 3.39. The number of nitrogens with one attached hydrogen (secondary N) is 1. The Hall–Kier alpha value is -3.44. The van der Waals surface area contributed by atoms with Crippen molar-refractivity contribution in [1.29, 1.82) is 0 Å². The van der Waals surface area contributed by atoms with Gasteiger partial charge in [-0.1, -0.05) is 60.2 Å². The van der Waals surface area contributed by atoms with Crippen LogP contribution >= 0.6 is 0 Å². The van der Waals surface area contributed by atoms with Crippen molar-refractivity contribution in [3.8, 4) is 0 Å². The zero-order valence-corrected chi connectivity index (χ0v) is 19.0. The van der Waals surface area contributed by atoms with Crippen molar-refractivity contribution in [1.82, 2.24) is 5.32 Å². The Kier molecular flexibility index (Phi) is 5.97. The minimum Gasteiger partial charge on any atom is -0.369 e. The summed E-state index contributed by atoms with van der Waals surface area (Å²) in [5.74, 6) is -0.460. The summed E-state index contributed by atoms with van der Waals surface area (Å²) < 4.78 is 0. The summed E-state index contributed by atoms with van der Waals surface area (Å²) in [6.45, 7) is 6.27. The lowest BCUT2D eigenvalue weighted by Gasteiger charge is -2.36. The molecule has 168 valence electrons. The monoisotopic (exact) mass is 439 g/mol. The molecule has 2 aliphatic heterocycles. The Balaban J connectivity index is 1.55. The van der Waals surface area contributed by atoms with E-state index in [1.807, 2.05) is 72.5 Å². The summed E-state index contributed by atoms with van der Waals surface area (Å²) in [6, 6.07) is 23.9. The van der Waals surface area contributed by atoms with Crippen LogP contribution in [-0.2, 0) is 11.3 Å². The van der Waals surface area contributed by atoms with Gasteiger partial charge in [-0.05, 0) is 36.2 Å². The molecule has 0 aliphatic carbocycles. The largest absolute Gasteiger partial charge is 0.369 e. The fourth-order valence-electron chi connectivity index (χ4n) is 4.81. The molecule has 0 saturated carbocycles. The van der Waals surface area contributed by atoms with Gasteiger partial charge in [-0.15, -0.1) is 0 Å². The first-order chi connectivity index (χ1) is 16.1. The van der Waals surface area contributed by atoms with Crippen molar-refractivity contribution in [2.45, 2.75) is 25.8 Å². The van der Waals surface area contributed by atoms with Gasteiger partial charge in [-0.25, -0.2) is 0 Å². The van der Waals surface area contributed by atoms with Crippen LogP contribution in [0.3, 0.4) is 0 Å². The molecular weight excluding hydrogens is 410 g/mol. The lowest BCUT2D eigenvalue weighted by molar-refractivity contribution is -0.119.